The highest BCUT2D eigenvalue weighted by atomic mass is 35.5. The summed E-state index contributed by atoms with van der Waals surface area (Å²) in [5, 5.41) is 1.17. The molecule has 27 heavy (non-hydrogen) atoms. The van der Waals surface area contributed by atoms with E-state index < -0.39 is 0 Å². The lowest BCUT2D eigenvalue weighted by molar-refractivity contribution is 0.0983. The zero-order valence-electron chi connectivity index (χ0n) is 16.0. The number of aryl methyl sites for hydroxylation is 2. The van der Waals surface area contributed by atoms with Gasteiger partial charge in [0.05, 0.1) is 22.4 Å². The minimum Gasteiger partial charge on any atom is -0.494 e. The van der Waals surface area contributed by atoms with Crippen molar-refractivity contribution in [1.82, 2.24) is 9.88 Å². The number of halogens is 1. The highest BCUT2D eigenvalue weighted by Crippen LogP contribution is 2.39. The molecule has 1 amide bonds. The number of hydrogen-bond donors (Lipinski definition) is 0. The summed E-state index contributed by atoms with van der Waals surface area (Å²) < 4.78 is 11.7. The number of amides is 1. The number of ether oxygens (including phenoxy) is 1. The summed E-state index contributed by atoms with van der Waals surface area (Å²) in [5.41, 5.74) is 1.20. The maximum Gasteiger partial charge on any atom is 0.263 e. The van der Waals surface area contributed by atoms with Crippen LogP contribution in [0.15, 0.2) is 22.6 Å². The van der Waals surface area contributed by atoms with Crippen LogP contribution in [0.5, 0.6) is 5.75 Å². The number of benzene rings is 1. The fourth-order valence-electron chi connectivity index (χ4n) is 2.79. The third-order valence-corrected chi connectivity index (χ3v) is 5.72. The quantitative estimate of drug-likeness (QED) is 0.607. The number of aromatic nitrogens is 1. The van der Waals surface area contributed by atoms with Gasteiger partial charge in [-0.3, -0.25) is 9.69 Å². The summed E-state index contributed by atoms with van der Waals surface area (Å²) >= 11 is 7.73. The Morgan fingerprint density at radius 3 is 2.63 bits per heavy atom. The van der Waals surface area contributed by atoms with Crippen molar-refractivity contribution >= 4 is 44.2 Å². The number of carbonyl (C=O) groups is 1. The smallest absolute Gasteiger partial charge is 0.263 e. The van der Waals surface area contributed by atoms with Crippen molar-refractivity contribution < 1.29 is 13.9 Å². The van der Waals surface area contributed by atoms with Crippen molar-refractivity contribution in [2.75, 3.05) is 39.2 Å². The Labute approximate surface area is 167 Å². The average Bonchev–Trinajstić information content (AvgIpc) is 3.19. The van der Waals surface area contributed by atoms with Crippen LogP contribution in [-0.2, 0) is 0 Å². The molecule has 0 fully saturated rings. The predicted octanol–water partition coefficient (Wildman–Crippen LogP) is 4.38. The van der Waals surface area contributed by atoms with Crippen molar-refractivity contribution in [3.05, 3.63) is 40.3 Å². The molecule has 2 heterocycles. The van der Waals surface area contributed by atoms with Crippen LogP contribution in [-0.4, -0.2) is 50.1 Å². The number of methoxy groups -OCH3 is 1. The summed E-state index contributed by atoms with van der Waals surface area (Å²) in [4.78, 5) is 21.6. The number of likely N-dealkylation sites (N-methyl/N-ethyl adjacent to an activating group) is 1. The maximum atomic E-state index is 13.3. The molecule has 8 heteroatoms. The van der Waals surface area contributed by atoms with E-state index in [1.165, 1.54) is 11.3 Å². The lowest BCUT2D eigenvalue weighted by Gasteiger charge is -2.21. The molecule has 0 atom stereocenters. The van der Waals surface area contributed by atoms with Crippen LogP contribution < -0.4 is 9.64 Å². The van der Waals surface area contributed by atoms with Crippen LogP contribution in [0.1, 0.15) is 21.9 Å². The largest absolute Gasteiger partial charge is 0.494 e. The molecule has 0 aliphatic carbocycles. The van der Waals surface area contributed by atoms with Crippen LogP contribution >= 0.6 is 22.9 Å². The summed E-state index contributed by atoms with van der Waals surface area (Å²) in [7, 11) is 5.52. The van der Waals surface area contributed by atoms with Gasteiger partial charge in [0, 0.05) is 13.1 Å². The molecule has 6 nitrogen and oxygen atoms in total. The van der Waals surface area contributed by atoms with E-state index >= 15 is 0 Å². The van der Waals surface area contributed by atoms with Gasteiger partial charge in [-0.15, -0.1) is 0 Å². The minimum atomic E-state index is -0.139. The first kappa shape index (κ1) is 19.7. The highest BCUT2D eigenvalue weighted by Gasteiger charge is 2.25. The third kappa shape index (κ3) is 3.95. The molecule has 1 aromatic carbocycles. The van der Waals surface area contributed by atoms with Gasteiger partial charge in [0.25, 0.3) is 5.91 Å². The Kier molecular flexibility index (Phi) is 5.74. The molecular formula is C19H22ClN3O3S. The Morgan fingerprint density at radius 2 is 2.04 bits per heavy atom. The fourth-order valence-corrected chi connectivity index (χ4v) is 4.07. The lowest BCUT2D eigenvalue weighted by atomic mass is 10.2. The van der Waals surface area contributed by atoms with Crippen molar-refractivity contribution in [3.63, 3.8) is 0 Å². The highest BCUT2D eigenvalue weighted by molar-refractivity contribution is 7.23. The zero-order valence-corrected chi connectivity index (χ0v) is 17.6. The second kappa shape index (κ2) is 7.88. The molecular weight excluding hydrogens is 386 g/mol. The predicted molar refractivity (Wildman–Crippen MR) is 110 cm³/mol. The Morgan fingerprint density at radius 1 is 1.30 bits per heavy atom. The van der Waals surface area contributed by atoms with Gasteiger partial charge in [-0.05, 0) is 46.1 Å². The minimum absolute atomic E-state index is 0.139. The van der Waals surface area contributed by atoms with Gasteiger partial charge in [0.1, 0.15) is 22.8 Å². The maximum absolute atomic E-state index is 13.3. The monoisotopic (exact) mass is 407 g/mol. The van der Waals surface area contributed by atoms with Gasteiger partial charge in [0.2, 0.25) is 0 Å². The number of fused-ring (bicyclic) bond motifs is 1. The van der Waals surface area contributed by atoms with E-state index in [1.807, 2.05) is 25.9 Å². The van der Waals surface area contributed by atoms with Gasteiger partial charge in [-0.1, -0.05) is 22.9 Å². The van der Waals surface area contributed by atoms with Crippen LogP contribution in [0.4, 0.5) is 5.13 Å². The molecule has 0 bridgehead atoms. The number of rotatable bonds is 6. The Bertz CT molecular complexity index is 980. The third-order valence-electron chi connectivity index (χ3n) is 4.19. The van der Waals surface area contributed by atoms with E-state index in [2.05, 4.69) is 4.98 Å². The summed E-state index contributed by atoms with van der Waals surface area (Å²) in [5.74, 6) is 1.80. The average molecular weight is 408 g/mol. The van der Waals surface area contributed by atoms with Crippen molar-refractivity contribution in [2.45, 2.75) is 13.8 Å². The second-order valence-electron chi connectivity index (χ2n) is 6.51. The van der Waals surface area contributed by atoms with E-state index in [9.17, 15) is 4.79 Å². The molecule has 0 saturated heterocycles. The van der Waals surface area contributed by atoms with E-state index in [4.69, 9.17) is 20.8 Å². The van der Waals surface area contributed by atoms with E-state index in [0.717, 1.165) is 4.70 Å². The zero-order chi connectivity index (χ0) is 19.7. The SMILES string of the molecule is COc1ccc(Cl)c2sc(N(CCN(C)C)C(=O)c3cc(C)oc3C)nc12. The number of hydrogen-bond acceptors (Lipinski definition) is 6. The molecule has 3 rings (SSSR count). The van der Waals surface area contributed by atoms with Gasteiger partial charge < -0.3 is 14.1 Å². The molecule has 0 aliphatic rings. The fraction of sp³-hybridized carbons (Fsp3) is 0.368. The van der Waals surface area contributed by atoms with Gasteiger partial charge in [0.15, 0.2) is 5.13 Å². The van der Waals surface area contributed by atoms with Crippen molar-refractivity contribution in [2.24, 2.45) is 0 Å². The summed E-state index contributed by atoms with van der Waals surface area (Å²) in [6.45, 7) is 4.82. The van der Waals surface area contributed by atoms with E-state index in [-0.39, 0.29) is 5.91 Å². The number of anilines is 1. The Hall–Kier alpha value is -2.09. The molecule has 0 spiro atoms. The van der Waals surface area contributed by atoms with E-state index in [0.29, 0.717) is 51.6 Å². The Balaban J connectivity index is 2.08. The molecule has 0 saturated carbocycles. The number of thiazole rings is 1. The molecule has 0 radical (unpaired) electrons. The summed E-state index contributed by atoms with van der Waals surface area (Å²) in [6, 6.07) is 5.32. The number of carbonyl (C=O) groups excluding carboxylic acids is 1. The lowest BCUT2D eigenvalue weighted by Crippen LogP contribution is -2.36. The molecule has 0 unspecified atom stereocenters. The number of nitrogens with zero attached hydrogens (tertiary/aromatic N) is 3. The second-order valence-corrected chi connectivity index (χ2v) is 7.90. The normalized spacial score (nSPS) is 11.4. The molecule has 0 aliphatic heterocycles. The van der Waals surface area contributed by atoms with Crippen molar-refractivity contribution in [1.29, 1.82) is 0 Å². The standard InChI is InChI=1S/C19H22ClN3O3S/c1-11-10-13(12(2)26-11)18(24)23(9-8-22(3)4)19-21-16-15(25-5)7-6-14(20)17(16)27-19/h6-7,10H,8-9H2,1-5H3. The van der Waals surface area contributed by atoms with E-state index in [1.54, 1.807) is 37.1 Å². The van der Waals surface area contributed by atoms with Crippen molar-refractivity contribution in [3.8, 4) is 5.75 Å². The van der Waals surface area contributed by atoms with Crippen LogP contribution in [0.3, 0.4) is 0 Å². The van der Waals surface area contributed by atoms with Crippen LogP contribution in [0.25, 0.3) is 10.2 Å². The topological polar surface area (TPSA) is 58.8 Å². The van der Waals surface area contributed by atoms with Crippen LogP contribution in [0, 0.1) is 13.8 Å². The molecule has 3 aromatic rings. The first-order valence-electron chi connectivity index (χ1n) is 8.48. The molecule has 2 aromatic heterocycles. The van der Waals surface area contributed by atoms with Gasteiger partial charge in [-0.25, -0.2) is 4.98 Å². The summed E-state index contributed by atoms with van der Waals surface area (Å²) in [6.07, 6.45) is 0. The van der Waals surface area contributed by atoms with Gasteiger partial charge >= 0.3 is 0 Å². The first-order chi connectivity index (χ1) is 12.8. The molecule has 0 N–H and O–H groups in total. The van der Waals surface area contributed by atoms with Gasteiger partial charge in [-0.2, -0.15) is 0 Å². The van der Waals surface area contributed by atoms with Crippen LogP contribution in [0.2, 0.25) is 5.02 Å². The first-order valence-corrected chi connectivity index (χ1v) is 9.68. The molecule has 144 valence electrons. The number of furan rings is 1.